The summed E-state index contributed by atoms with van der Waals surface area (Å²) in [5, 5.41) is 6.25. The minimum absolute atomic E-state index is 0.0203. The second-order valence-corrected chi connectivity index (χ2v) is 8.52. The normalized spacial score (nSPS) is 15.4. The van der Waals surface area contributed by atoms with E-state index in [9.17, 15) is 14.4 Å². The van der Waals surface area contributed by atoms with Crippen molar-refractivity contribution in [3.8, 4) is 0 Å². The van der Waals surface area contributed by atoms with Crippen molar-refractivity contribution < 1.29 is 14.4 Å². The highest BCUT2D eigenvalue weighted by Gasteiger charge is 2.32. The molecule has 0 aromatic heterocycles. The molecule has 6 nitrogen and oxygen atoms in total. The van der Waals surface area contributed by atoms with Crippen molar-refractivity contribution in [2.24, 2.45) is 5.92 Å². The van der Waals surface area contributed by atoms with E-state index in [-0.39, 0.29) is 29.7 Å². The zero-order valence-electron chi connectivity index (χ0n) is 17.8. The van der Waals surface area contributed by atoms with Gasteiger partial charge in [0.05, 0.1) is 10.6 Å². The Kier molecular flexibility index (Phi) is 7.69. The molecule has 0 radical (unpaired) electrons. The van der Waals surface area contributed by atoms with Gasteiger partial charge in [-0.3, -0.25) is 14.4 Å². The Labute approximate surface area is 188 Å². The van der Waals surface area contributed by atoms with Crippen molar-refractivity contribution in [3.05, 3.63) is 70.7 Å². The number of hydrogen-bond donors (Lipinski definition) is 2. The van der Waals surface area contributed by atoms with E-state index in [0.29, 0.717) is 42.1 Å². The van der Waals surface area contributed by atoms with Crippen LogP contribution in [0.5, 0.6) is 0 Å². The molecule has 1 heterocycles. The molecule has 2 N–H and O–H groups in total. The SMILES string of the molecule is CC(C)[C@H](NC(=O)c1ccccc1Cl)C(=O)N1CCC(NC(=O)c2ccccc2)CC1. The monoisotopic (exact) mass is 441 g/mol. The van der Waals surface area contributed by atoms with Gasteiger partial charge in [0.1, 0.15) is 6.04 Å². The molecule has 0 bridgehead atoms. The first-order valence-electron chi connectivity index (χ1n) is 10.6. The number of piperidine rings is 1. The van der Waals surface area contributed by atoms with Gasteiger partial charge >= 0.3 is 0 Å². The molecular weight excluding hydrogens is 414 g/mol. The molecule has 7 heteroatoms. The van der Waals surface area contributed by atoms with Gasteiger partial charge in [0.25, 0.3) is 11.8 Å². The first-order valence-corrected chi connectivity index (χ1v) is 10.9. The third kappa shape index (κ3) is 5.85. The summed E-state index contributed by atoms with van der Waals surface area (Å²) < 4.78 is 0. The number of halogens is 1. The Hall–Kier alpha value is -2.86. The van der Waals surface area contributed by atoms with Crippen molar-refractivity contribution in [3.63, 3.8) is 0 Å². The fraction of sp³-hybridized carbons (Fsp3) is 0.375. The molecule has 3 rings (SSSR count). The van der Waals surface area contributed by atoms with Crippen LogP contribution in [-0.2, 0) is 4.79 Å². The minimum atomic E-state index is -0.640. The lowest BCUT2D eigenvalue weighted by Gasteiger charge is -2.35. The fourth-order valence-electron chi connectivity index (χ4n) is 3.68. The number of amides is 3. The lowest BCUT2D eigenvalue weighted by atomic mass is 9.99. The van der Waals surface area contributed by atoms with Crippen molar-refractivity contribution in [2.45, 2.75) is 38.8 Å². The summed E-state index contributed by atoms with van der Waals surface area (Å²) in [6.45, 7) is 4.87. The van der Waals surface area contributed by atoms with Gasteiger partial charge in [0.15, 0.2) is 0 Å². The largest absolute Gasteiger partial charge is 0.349 e. The van der Waals surface area contributed by atoms with Gasteiger partial charge in [-0.25, -0.2) is 0 Å². The number of benzene rings is 2. The molecule has 3 amide bonds. The third-order valence-electron chi connectivity index (χ3n) is 5.52. The average Bonchev–Trinajstić information content (AvgIpc) is 2.78. The van der Waals surface area contributed by atoms with Crippen LogP contribution in [0.2, 0.25) is 5.02 Å². The summed E-state index contributed by atoms with van der Waals surface area (Å²) in [6, 6.07) is 15.3. The van der Waals surface area contributed by atoms with Crippen LogP contribution in [0.4, 0.5) is 0 Å². The molecular formula is C24H28ClN3O3. The lowest BCUT2D eigenvalue weighted by molar-refractivity contribution is -0.135. The summed E-state index contributed by atoms with van der Waals surface area (Å²) in [5.41, 5.74) is 0.980. The molecule has 1 aliphatic heterocycles. The zero-order chi connectivity index (χ0) is 22.4. The Morgan fingerprint density at radius 1 is 0.935 bits per heavy atom. The Balaban J connectivity index is 1.57. The number of carbonyl (C=O) groups is 3. The molecule has 0 unspecified atom stereocenters. The van der Waals surface area contributed by atoms with Crippen LogP contribution in [0.1, 0.15) is 47.4 Å². The number of likely N-dealkylation sites (tertiary alicyclic amines) is 1. The van der Waals surface area contributed by atoms with Gasteiger partial charge in [-0.1, -0.05) is 55.8 Å². The molecule has 0 aliphatic carbocycles. The van der Waals surface area contributed by atoms with Crippen molar-refractivity contribution in [1.82, 2.24) is 15.5 Å². The molecule has 0 saturated carbocycles. The van der Waals surface area contributed by atoms with E-state index in [1.54, 1.807) is 41.3 Å². The quantitative estimate of drug-likeness (QED) is 0.719. The van der Waals surface area contributed by atoms with Gasteiger partial charge in [-0.05, 0) is 43.0 Å². The van der Waals surface area contributed by atoms with Crippen LogP contribution in [0.3, 0.4) is 0 Å². The maximum absolute atomic E-state index is 13.1. The second kappa shape index (κ2) is 10.4. The predicted molar refractivity (Wildman–Crippen MR) is 121 cm³/mol. The van der Waals surface area contributed by atoms with Crippen molar-refractivity contribution in [1.29, 1.82) is 0 Å². The van der Waals surface area contributed by atoms with E-state index in [1.807, 2.05) is 32.0 Å². The summed E-state index contributed by atoms with van der Waals surface area (Å²) in [6.07, 6.45) is 1.35. The maximum Gasteiger partial charge on any atom is 0.253 e. The molecule has 31 heavy (non-hydrogen) atoms. The average molecular weight is 442 g/mol. The van der Waals surface area contributed by atoms with E-state index < -0.39 is 6.04 Å². The van der Waals surface area contributed by atoms with Gasteiger partial charge in [-0.2, -0.15) is 0 Å². The van der Waals surface area contributed by atoms with Crippen LogP contribution < -0.4 is 10.6 Å². The minimum Gasteiger partial charge on any atom is -0.349 e. The van der Waals surface area contributed by atoms with Crippen LogP contribution in [0, 0.1) is 5.92 Å². The Morgan fingerprint density at radius 2 is 1.55 bits per heavy atom. The number of carbonyl (C=O) groups excluding carboxylic acids is 3. The lowest BCUT2D eigenvalue weighted by Crippen LogP contribution is -2.54. The maximum atomic E-state index is 13.1. The Morgan fingerprint density at radius 3 is 2.16 bits per heavy atom. The molecule has 1 saturated heterocycles. The highest BCUT2D eigenvalue weighted by Crippen LogP contribution is 2.18. The van der Waals surface area contributed by atoms with Gasteiger partial charge in [-0.15, -0.1) is 0 Å². The van der Waals surface area contributed by atoms with Crippen molar-refractivity contribution in [2.75, 3.05) is 13.1 Å². The molecule has 0 spiro atoms. The van der Waals surface area contributed by atoms with E-state index >= 15 is 0 Å². The topological polar surface area (TPSA) is 78.5 Å². The van der Waals surface area contributed by atoms with Crippen LogP contribution in [0.25, 0.3) is 0 Å². The summed E-state index contributed by atoms with van der Waals surface area (Å²) in [7, 11) is 0. The van der Waals surface area contributed by atoms with E-state index in [4.69, 9.17) is 11.6 Å². The van der Waals surface area contributed by atoms with Gasteiger partial charge in [0, 0.05) is 24.7 Å². The molecule has 2 aromatic rings. The number of nitrogens with one attached hydrogen (secondary N) is 2. The van der Waals surface area contributed by atoms with E-state index in [1.165, 1.54) is 0 Å². The highest BCUT2D eigenvalue weighted by molar-refractivity contribution is 6.33. The van der Waals surface area contributed by atoms with E-state index in [2.05, 4.69) is 10.6 Å². The molecule has 1 atom stereocenters. The third-order valence-corrected chi connectivity index (χ3v) is 5.85. The summed E-state index contributed by atoms with van der Waals surface area (Å²) in [4.78, 5) is 39.9. The zero-order valence-corrected chi connectivity index (χ0v) is 18.6. The highest BCUT2D eigenvalue weighted by atomic mass is 35.5. The molecule has 2 aromatic carbocycles. The van der Waals surface area contributed by atoms with E-state index in [0.717, 1.165) is 0 Å². The van der Waals surface area contributed by atoms with Gasteiger partial charge < -0.3 is 15.5 Å². The smallest absolute Gasteiger partial charge is 0.253 e. The molecule has 1 aliphatic rings. The van der Waals surface area contributed by atoms with Crippen molar-refractivity contribution >= 4 is 29.3 Å². The number of hydrogen-bond acceptors (Lipinski definition) is 3. The number of nitrogens with zero attached hydrogens (tertiary/aromatic N) is 1. The first-order chi connectivity index (χ1) is 14.9. The first kappa shape index (κ1) is 22.8. The number of rotatable bonds is 6. The molecule has 164 valence electrons. The van der Waals surface area contributed by atoms with Crippen LogP contribution >= 0.6 is 11.6 Å². The Bertz CT molecular complexity index is 925. The molecule has 1 fully saturated rings. The van der Waals surface area contributed by atoms with Crippen LogP contribution in [-0.4, -0.2) is 47.8 Å². The van der Waals surface area contributed by atoms with Crippen LogP contribution in [0.15, 0.2) is 54.6 Å². The summed E-state index contributed by atoms with van der Waals surface area (Å²) in [5.74, 6) is -0.641. The standard InChI is InChI=1S/C24H28ClN3O3/c1-16(2)21(27-23(30)19-10-6-7-11-20(19)25)24(31)28-14-12-18(13-15-28)26-22(29)17-8-4-3-5-9-17/h3-11,16,18,21H,12-15H2,1-2H3,(H,26,29)(H,27,30)/t21-/m0/s1. The predicted octanol–water partition coefficient (Wildman–Crippen LogP) is 3.52. The summed E-state index contributed by atoms with van der Waals surface area (Å²) >= 11 is 6.12. The second-order valence-electron chi connectivity index (χ2n) is 8.11. The van der Waals surface area contributed by atoms with Gasteiger partial charge in [0.2, 0.25) is 5.91 Å². The fourth-order valence-corrected chi connectivity index (χ4v) is 3.90.